The van der Waals surface area contributed by atoms with Gasteiger partial charge in [0.2, 0.25) is 0 Å². The Morgan fingerprint density at radius 2 is 1.21 bits per heavy atom. The van der Waals surface area contributed by atoms with Gasteiger partial charge in [0, 0.05) is 0 Å². The number of aromatic nitrogens is 1. The van der Waals surface area contributed by atoms with E-state index in [4.69, 9.17) is 6.64 Å². The van der Waals surface area contributed by atoms with E-state index in [2.05, 4.69) is 94.8 Å². The molecule has 1 aromatic heterocycles. The molecule has 0 saturated carbocycles. The number of nitrogens with zero attached hydrogens (tertiary/aromatic N) is 1. The van der Waals surface area contributed by atoms with Crippen LogP contribution in [0.1, 0.15) is 58.4 Å². The van der Waals surface area contributed by atoms with Crippen molar-refractivity contribution >= 4 is 61.0 Å². The van der Waals surface area contributed by atoms with Gasteiger partial charge in [0.25, 0.3) is 0 Å². The van der Waals surface area contributed by atoms with Gasteiger partial charge in [0.15, 0.2) is 0 Å². The van der Waals surface area contributed by atoms with Crippen molar-refractivity contribution in [2.24, 2.45) is 0 Å². The predicted octanol–water partition coefficient (Wildman–Crippen LogP) is 8.80. The Hall–Kier alpha value is -0.686. The molecule has 0 amide bonds. The number of halogens is 4. The molecule has 0 fully saturated rings. The van der Waals surface area contributed by atoms with Crippen molar-refractivity contribution in [1.82, 2.24) is 4.98 Å². The number of hydrogen-bond donors (Lipinski definition) is 0. The minimum absolute atomic E-state index is 0. The van der Waals surface area contributed by atoms with E-state index in [0.29, 0.717) is 0 Å². The van der Waals surface area contributed by atoms with Crippen LogP contribution in [0, 0.1) is 0 Å². The molecule has 3 nitrogen and oxygen atoms in total. The Balaban J connectivity index is 0.00000289. The van der Waals surface area contributed by atoms with E-state index in [-0.39, 0.29) is 35.6 Å². The topological polar surface area (TPSA) is 31.4 Å². The first-order chi connectivity index (χ1) is 14.9. The second kappa shape index (κ2) is 13.0. The van der Waals surface area contributed by atoms with Crippen LogP contribution in [-0.4, -0.2) is 9.30 Å². The minimum Gasteiger partial charge on any atom is -0.147 e. The fraction of sp³-hybridized carbons (Fsp3) is 0.308. The van der Waals surface area contributed by atoms with Gasteiger partial charge in [0.1, 0.15) is 0 Å². The van der Waals surface area contributed by atoms with Crippen LogP contribution in [0.5, 0.6) is 11.5 Å². The average molecular weight is 668 g/mol. The van der Waals surface area contributed by atoms with Gasteiger partial charge in [0.05, 0.1) is 0 Å². The van der Waals surface area contributed by atoms with Crippen molar-refractivity contribution in [1.29, 1.82) is 0 Å². The summed E-state index contributed by atoms with van der Waals surface area (Å²) in [5.74, 6) is 1.72. The molecule has 0 N–H and O–H groups in total. The predicted molar refractivity (Wildman–Crippen MR) is 151 cm³/mol. The van der Waals surface area contributed by atoms with Gasteiger partial charge >= 0.3 is 216 Å². The summed E-state index contributed by atoms with van der Waals surface area (Å²) < 4.78 is 17.4. The molecule has 3 aromatic rings. The zero-order valence-electron chi connectivity index (χ0n) is 20.2. The summed E-state index contributed by atoms with van der Waals surface area (Å²) >= 11 is 4.51. The number of rotatable bonds is 5. The molecule has 0 aliphatic carbocycles. The largest absolute Gasteiger partial charge is 0.147 e. The van der Waals surface area contributed by atoms with Crippen LogP contribution >= 0.6 is 56.7 Å². The Morgan fingerprint density at radius 3 is 1.59 bits per heavy atom. The van der Waals surface area contributed by atoms with Gasteiger partial charge in [-0.05, 0) is 0 Å². The Labute approximate surface area is 239 Å². The third kappa shape index (κ3) is 8.76. The standard InChI is InChI=1S/2C10H13BrO.C6H5N.2ClH.Ti/c2*1-10(2,3)8-6-7(11)4-5-9(8)12;1-6-4-2-3-5-7-6;;;/h2*4-6,12H,1-3H3;1-5H;2*1H;/q;;;;;+2/p-2. The summed E-state index contributed by atoms with van der Waals surface area (Å²) in [6.45, 7) is 13.1. The minimum atomic E-state index is -2.70. The second-order valence-corrected chi connectivity index (χ2v) is 13.6. The van der Waals surface area contributed by atoms with Crippen molar-refractivity contribution in [3.05, 3.63) is 86.6 Å². The van der Waals surface area contributed by atoms with E-state index in [1.165, 1.54) is 0 Å². The first-order valence-corrected chi connectivity index (χ1v) is 14.3. The molecule has 0 atom stereocenters. The van der Waals surface area contributed by atoms with E-state index >= 15 is 0 Å². The summed E-state index contributed by atoms with van der Waals surface area (Å²) in [4.78, 5) is 4.48. The molecule has 0 spiro atoms. The van der Waals surface area contributed by atoms with Crippen molar-refractivity contribution in [2.75, 3.05) is 0 Å². The maximum atomic E-state index is 6.65. The molecular weight excluding hydrogens is 637 g/mol. The van der Waals surface area contributed by atoms with Crippen LogP contribution in [0.3, 0.4) is 0 Å². The van der Waals surface area contributed by atoms with Crippen molar-refractivity contribution in [3.8, 4) is 11.5 Å². The molecule has 0 bridgehead atoms. The van der Waals surface area contributed by atoms with Gasteiger partial charge < -0.3 is 0 Å². The molecule has 0 radical (unpaired) electrons. The van der Waals surface area contributed by atoms with Crippen molar-refractivity contribution < 1.29 is 24.8 Å². The molecule has 0 unspecified atom stereocenters. The van der Waals surface area contributed by atoms with Crippen LogP contribution < -0.4 is 6.64 Å². The monoisotopic (exact) mass is 665 g/mol. The van der Waals surface area contributed by atoms with E-state index in [1.54, 1.807) is 6.20 Å². The van der Waals surface area contributed by atoms with E-state index < -0.39 is 18.2 Å². The van der Waals surface area contributed by atoms with Gasteiger partial charge in [-0.25, -0.2) is 0 Å². The molecule has 34 heavy (non-hydrogen) atoms. The zero-order chi connectivity index (χ0) is 23.5. The molecule has 0 aliphatic rings. The SMILES string of the molecule is CC(C)(C)c1cc(Br)ccc1[O][Ti](=[CH]c1ccccn1)[O]c1ccc(Br)cc1C(C)(C)C.Cl.Cl. The third-order valence-corrected chi connectivity index (χ3v) is 8.01. The number of hydrogen-bond acceptors (Lipinski definition) is 3. The molecule has 3 rings (SSSR count). The van der Waals surface area contributed by atoms with E-state index in [9.17, 15) is 0 Å². The van der Waals surface area contributed by atoms with Crippen molar-refractivity contribution in [3.63, 3.8) is 0 Å². The maximum absolute atomic E-state index is 6.65. The molecule has 0 aliphatic heterocycles. The first kappa shape index (κ1) is 31.3. The Morgan fingerprint density at radius 1 is 0.735 bits per heavy atom. The quantitative estimate of drug-likeness (QED) is 0.255. The number of pyridine rings is 1. The number of benzene rings is 2. The summed E-state index contributed by atoms with van der Waals surface area (Å²) in [6, 6.07) is 18.2. The molecule has 0 saturated heterocycles. The fourth-order valence-corrected chi connectivity index (χ4v) is 6.08. The first-order valence-electron chi connectivity index (χ1n) is 10.5. The Bertz CT molecular complexity index is 1060. The fourth-order valence-electron chi connectivity index (χ4n) is 3.23. The summed E-state index contributed by atoms with van der Waals surface area (Å²) in [6.07, 6.45) is 1.79. The zero-order valence-corrected chi connectivity index (χ0v) is 26.6. The molecule has 184 valence electrons. The smallest absolute Gasteiger partial charge is 0.147 e. The summed E-state index contributed by atoms with van der Waals surface area (Å²) in [5.41, 5.74) is 3.01. The molecule has 1 heterocycles. The van der Waals surface area contributed by atoms with Crippen LogP contribution in [0.4, 0.5) is 0 Å². The third-order valence-electron chi connectivity index (χ3n) is 4.87. The van der Waals surface area contributed by atoms with Crippen LogP contribution in [0.15, 0.2) is 69.7 Å². The normalized spacial score (nSPS) is 11.1. The van der Waals surface area contributed by atoms with Gasteiger partial charge in [-0.2, -0.15) is 0 Å². The van der Waals surface area contributed by atoms with Crippen LogP contribution in [0.25, 0.3) is 0 Å². The molecule has 8 heteroatoms. The van der Waals surface area contributed by atoms with Crippen LogP contribution in [0.2, 0.25) is 0 Å². The molecule has 2 aromatic carbocycles. The van der Waals surface area contributed by atoms with Crippen LogP contribution in [-0.2, 0) is 29.0 Å². The second-order valence-electron chi connectivity index (χ2n) is 9.70. The maximum Gasteiger partial charge on any atom is -0.147 e. The van der Waals surface area contributed by atoms with Gasteiger partial charge in [-0.1, -0.05) is 0 Å². The average Bonchev–Trinajstić information content (AvgIpc) is 2.70. The van der Waals surface area contributed by atoms with Gasteiger partial charge in [-0.15, -0.1) is 24.8 Å². The van der Waals surface area contributed by atoms with E-state index in [0.717, 1.165) is 37.3 Å². The summed E-state index contributed by atoms with van der Waals surface area (Å²) in [7, 11) is 0. The van der Waals surface area contributed by atoms with Crippen molar-refractivity contribution in [2.45, 2.75) is 52.4 Å². The molecular formula is C26H31Br2Cl2NO2Ti. The summed E-state index contributed by atoms with van der Waals surface area (Å²) in [5, 5.41) is 0. The Kier molecular flexibility index (Phi) is 12.0. The van der Waals surface area contributed by atoms with Gasteiger partial charge in [-0.3, -0.25) is 0 Å². The van der Waals surface area contributed by atoms with E-state index in [1.807, 2.05) is 42.5 Å².